The van der Waals surface area contributed by atoms with Gasteiger partial charge in [-0.3, -0.25) is 0 Å². The highest BCUT2D eigenvalue weighted by molar-refractivity contribution is 7.99. The molecule has 6 atom stereocenters. The summed E-state index contributed by atoms with van der Waals surface area (Å²) < 4.78 is 1.67. The van der Waals surface area contributed by atoms with Crippen LogP contribution < -0.4 is 10.6 Å². The maximum Gasteiger partial charge on any atom is 0.191 e. The van der Waals surface area contributed by atoms with Gasteiger partial charge in [0.1, 0.15) is 6.10 Å². The van der Waals surface area contributed by atoms with E-state index in [0.717, 1.165) is 25.1 Å². The summed E-state index contributed by atoms with van der Waals surface area (Å²) in [5.74, 6) is 2.05. The Balaban J connectivity index is 1.45. The fourth-order valence-corrected chi connectivity index (χ4v) is 5.40. The van der Waals surface area contributed by atoms with Crippen LogP contribution in [0.15, 0.2) is 35.5 Å². The van der Waals surface area contributed by atoms with E-state index in [1.807, 2.05) is 13.0 Å². The molecule has 10 heteroatoms. The summed E-state index contributed by atoms with van der Waals surface area (Å²) in [6, 6.07) is 10.2. The van der Waals surface area contributed by atoms with Gasteiger partial charge in [0, 0.05) is 23.8 Å². The number of aliphatic hydroxyl groups is 2. The molecule has 4 N–H and O–H groups in total. The lowest BCUT2D eigenvalue weighted by atomic mass is 10.1. The van der Waals surface area contributed by atoms with Gasteiger partial charge < -0.3 is 20.8 Å². The number of thioether (sulfide) groups is 1. The maximum atomic E-state index is 10.7. The molecule has 1 aromatic carbocycles. The van der Waals surface area contributed by atoms with E-state index in [0.29, 0.717) is 34.5 Å². The van der Waals surface area contributed by atoms with Crippen molar-refractivity contribution in [1.29, 1.82) is 0 Å². The lowest BCUT2D eigenvalue weighted by Gasteiger charge is -2.17. The zero-order valence-electron chi connectivity index (χ0n) is 18.9. The minimum Gasteiger partial charge on any atom is -0.389 e. The summed E-state index contributed by atoms with van der Waals surface area (Å²) in [4.78, 5) is 9.52. The number of anilines is 1. The van der Waals surface area contributed by atoms with Crippen molar-refractivity contribution in [2.24, 2.45) is 0 Å². The first kappa shape index (κ1) is 22.5. The molecule has 3 aromatic rings. The van der Waals surface area contributed by atoms with Crippen molar-refractivity contribution < 1.29 is 10.2 Å². The molecule has 2 saturated carbocycles. The van der Waals surface area contributed by atoms with Crippen molar-refractivity contribution in [2.75, 3.05) is 17.6 Å². The number of fused-ring (bicyclic) bond motifs is 1. The summed E-state index contributed by atoms with van der Waals surface area (Å²) in [5.41, 5.74) is 2.52. The first-order chi connectivity index (χ1) is 16.1. The second kappa shape index (κ2) is 9.54. The van der Waals surface area contributed by atoms with Crippen molar-refractivity contribution in [1.82, 2.24) is 30.3 Å². The molecule has 0 spiro atoms. The van der Waals surface area contributed by atoms with E-state index in [1.165, 1.54) is 5.56 Å². The van der Waals surface area contributed by atoms with Gasteiger partial charge in [-0.15, -0.1) is 5.10 Å². The Morgan fingerprint density at radius 3 is 2.64 bits per heavy atom. The molecular weight excluding hydrogens is 438 g/mol. The summed E-state index contributed by atoms with van der Waals surface area (Å²) in [7, 11) is 0. The molecule has 176 valence electrons. The van der Waals surface area contributed by atoms with Crippen LogP contribution in [-0.2, 0) is 0 Å². The first-order valence-electron chi connectivity index (χ1n) is 11.8. The van der Waals surface area contributed by atoms with E-state index in [9.17, 15) is 10.2 Å². The van der Waals surface area contributed by atoms with Crippen molar-refractivity contribution >= 4 is 28.7 Å². The number of benzene rings is 1. The van der Waals surface area contributed by atoms with E-state index >= 15 is 0 Å². The number of likely N-dealkylation sites (N-methyl/N-ethyl adjacent to an activating group) is 1. The van der Waals surface area contributed by atoms with Crippen LogP contribution in [0.25, 0.3) is 11.2 Å². The first-order valence-corrected chi connectivity index (χ1v) is 12.8. The fourth-order valence-electron chi connectivity index (χ4n) is 4.71. The number of nitrogens with zero attached hydrogens (tertiary/aromatic N) is 5. The monoisotopic (exact) mass is 469 g/mol. The molecule has 9 nitrogen and oxygen atoms in total. The van der Waals surface area contributed by atoms with Crippen molar-refractivity contribution in [3.8, 4) is 0 Å². The highest BCUT2D eigenvalue weighted by Gasteiger charge is 2.44. The Hall–Kier alpha value is -2.27. The fraction of sp³-hybridized carbons (Fsp3) is 0.565. The van der Waals surface area contributed by atoms with Gasteiger partial charge >= 0.3 is 0 Å². The number of aromatic nitrogens is 5. The third-order valence-electron chi connectivity index (χ3n) is 6.51. The van der Waals surface area contributed by atoms with Crippen LogP contribution in [0.4, 0.5) is 5.82 Å². The van der Waals surface area contributed by atoms with Crippen molar-refractivity contribution in [3.05, 3.63) is 35.9 Å². The normalized spacial score (nSPS) is 29.0. The lowest BCUT2D eigenvalue weighted by molar-refractivity contribution is 0.0123. The zero-order chi connectivity index (χ0) is 22.9. The third kappa shape index (κ3) is 4.44. The largest absolute Gasteiger partial charge is 0.389 e. The molecule has 2 aliphatic carbocycles. The Labute approximate surface area is 197 Å². The van der Waals surface area contributed by atoms with Crippen molar-refractivity contribution in [3.63, 3.8) is 0 Å². The lowest BCUT2D eigenvalue weighted by Crippen LogP contribution is -2.39. The molecule has 0 amide bonds. The summed E-state index contributed by atoms with van der Waals surface area (Å²) in [6.45, 7) is 4.83. The zero-order valence-corrected chi connectivity index (χ0v) is 19.7. The standard InChI is InChI=1S/C23H31N7O2S/c1-3-10-33-23-26-21(25-15-11-14(15)13-8-6-5-7-9-13)18-22(27-23)30(29-28-18)17-12-16(24-4-2)19(31)20(17)32/h5-9,14-17,19-20,24,31-32H,3-4,10-12H2,1-2H3,(H,25,26,27)/t14?,15?,16-,17+,19+,20-/m0/s1. The van der Waals surface area contributed by atoms with Gasteiger partial charge in [-0.25, -0.2) is 14.6 Å². The van der Waals surface area contributed by atoms with Gasteiger partial charge in [0.15, 0.2) is 22.1 Å². The van der Waals surface area contributed by atoms with Gasteiger partial charge in [0.2, 0.25) is 0 Å². The molecular formula is C23H31N7O2S. The number of nitrogens with one attached hydrogen (secondary N) is 2. The molecule has 0 bridgehead atoms. The van der Waals surface area contributed by atoms with Crippen LogP contribution in [0.2, 0.25) is 0 Å². The van der Waals surface area contributed by atoms with Crippen molar-refractivity contribution in [2.45, 2.75) is 74.5 Å². The molecule has 2 aliphatic rings. The molecule has 0 saturated heterocycles. The third-order valence-corrected chi connectivity index (χ3v) is 7.56. The smallest absolute Gasteiger partial charge is 0.191 e. The predicted octanol–water partition coefficient (Wildman–Crippen LogP) is 2.34. The molecule has 33 heavy (non-hydrogen) atoms. The van der Waals surface area contributed by atoms with Gasteiger partial charge in [-0.05, 0) is 31.4 Å². The summed E-state index contributed by atoms with van der Waals surface area (Å²) in [5, 5.41) is 37.5. The molecule has 2 fully saturated rings. The highest BCUT2D eigenvalue weighted by Crippen LogP contribution is 2.43. The van der Waals surface area contributed by atoms with Gasteiger partial charge in [0.25, 0.3) is 0 Å². The van der Waals surface area contributed by atoms with Crippen LogP contribution in [0.3, 0.4) is 0 Å². The van der Waals surface area contributed by atoms with Crippen LogP contribution in [0.5, 0.6) is 0 Å². The highest BCUT2D eigenvalue weighted by atomic mass is 32.2. The van der Waals surface area contributed by atoms with E-state index in [1.54, 1.807) is 16.4 Å². The van der Waals surface area contributed by atoms with E-state index in [4.69, 9.17) is 9.97 Å². The van der Waals surface area contributed by atoms with E-state index in [2.05, 4.69) is 52.1 Å². The quantitative estimate of drug-likeness (QED) is 0.276. The number of hydrogen-bond acceptors (Lipinski definition) is 9. The average molecular weight is 470 g/mol. The average Bonchev–Trinajstić information content (AvgIpc) is 3.39. The molecule has 2 unspecified atom stereocenters. The maximum absolute atomic E-state index is 10.7. The second-order valence-corrected chi connectivity index (χ2v) is 9.92. The Morgan fingerprint density at radius 1 is 1.06 bits per heavy atom. The summed E-state index contributed by atoms with van der Waals surface area (Å²) in [6.07, 6.45) is 0.808. The Kier molecular flexibility index (Phi) is 6.51. The molecule has 0 aliphatic heterocycles. The number of hydrogen-bond donors (Lipinski definition) is 4. The van der Waals surface area contributed by atoms with E-state index in [-0.39, 0.29) is 12.1 Å². The second-order valence-electron chi connectivity index (χ2n) is 8.86. The predicted molar refractivity (Wildman–Crippen MR) is 128 cm³/mol. The van der Waals surface area contributed by atoms with Crippen LogP contribution in [0.1, 0.15) is 50.6 Å². The molecule has 5 rings (SSSR count). The summed E-state index contributed by atoms with van der Waals surface area (Å²) >= 11 is 1.60. The molecule has 2 aromatic heterocycles. The topological polar surface area (TPSA) is 121 Å². The van der Waals surface area contributed by atoms with Gasteiger partial charge in [-0.2, -0.15) is 0 Å². The Bertz CT molecular complexity index is 1100. The minimum absolute atomic E-state index is 0.194. The molecule has 2 heterocycles. The number of aliphatic hydroxyl groups excluding tert-OH is 2. The minimum atomic E-state index is -0.942. The Morgan fingerprint density at radius 2 is 1.88 bits per heavy atom. The van der Waals surface area contributed by atoms with Crippen LogP contribution >= 0.6 is 11.8 Å². The number of rotatable bonds is 9. The van der Waals surface area contributed by atoms with Gasteiger partial charge in [-0.1, -0.05) is 61.2 Å². The van der Waals surface area contributed by atoms with Gasteiger partial charge in [0.05, 0.1) is 12.1 Å². The van der Waals surface area contributed by atoms with Crippen LogP contribution in [0, 0.1) is 0 Å². The van der Waals surface area contributed by atoms with E-state index < -0.39 is 18.2 Å². The van der Waals surface area contributed by atoms with Crippen LogP contribution in [-0.4, -0.2) is 71.8 Å². The SMILES string of the molecule is CCCSc1nc(NC2CC2c2ccccc2)c2nnn([C@@H]3C[C@H](NCC)[C@@H](O)[C@H]3O)c2n1. The molecule has 0 radical (unpaired) electrons.